The quantitative estimate of drug-likeness (QED) is 0.483. The van der Waals surface area contributed by atoms with Crippen LogP contribution in [0, 0.1) is 5.92 Å². The van der Waals surface area contributed by atoms with Gasteiger partial charge in [-0.05, 0) is 81.3 Å². The Morgan fingerprint density at radius 1 is 1.16 bits per heavy atom. The van der Waals surface area contributed by atoms with Crippen LogP contribution in [-0.2, 0) is 16.0 Å². The highest BCUT2D eigenvalue weighted by Gasteiger charge is 2.31. The Bertz CT molecular complexity index is 674. The molecule has 1 saturated carbocycles. The lowest BCUT2D eigenvalue weighted by Crippen LogP contribution is -2.41. The number of benzene rings is 1. The van der Waals surface area contributed by atoms with E-state index in [1.165, 1.54) is 49.7 Å². The molecule has 4 N–H and O–H groups in total. The van der Waals surface area contributed by atoms with Gasteiger partial charge in [0.25, 0.3) is 0 Å². The third-order valence-corrected chi connectivity index (χ3v) is 5.62. The summed E-state index contributed by atoms with van der Waals surface area (Å²) in [5.41, 5.74) is 8.20. The van der Waals surface area contributed by atoms with Gasteiger partial charge in [0.05, 0.1) is 6.04 Å². The molecule has 6 nitrogen and oxygen atoms in total. The number of carbonyl (C=O) groups excluding carboxylic acids is 2. The van der Waals surface area contributed by atoms with Crippen LogP contribution in [0.2, 0.25) is 0 Å². The van der Waals surface area contributed by atoms with Crippen LogP contribution in [0.15, 0.2) is 18.2 Å². The Balaban J connectivity index is 0.000000604. The molecule has 0 bridgehead atoms. The highest BCUT2D eigenvalue weighted by atomic mass is 16.5. The van der Waals surface area contributed by atoms with Crippen molar-refractivity contribution in [3.8, 4) is 5.75 Å². The monoisotopic (exact) mass is 433 g/mol. The normalized spacial score (nSPS) is 19.8. The van der Waals surface area contributed by atoms with Crippen LogP contribution in [0.4, 0.5) is 0 Å². The minimum atomic E-state index is -0.634. The average molecular weight is 434 g/mol. The molecule has 0 spiro atoms. The molecule has 0 aromatic heterocycles. The molecule has 0 heterocycles. The van der Waals surface area contributed by atoms with Crippen LogP contribution in [0.3, 0.4) is 0 Å². The molecule has 1 aromatic rings. The molecule has 6 heteroatoms. The molecule has 1 fully saturated rings. The van der Waals surface area contributed by atoms with E-state index in [1.54, 1.807) is 6.92 Å². The number of nitrogens with two attached hydrogens (primary N) is 1. The minimum absolute atomic E-state index is 0.163. The molecule has 2 aliphatic rings. The third-order valence-electron chi connectivity index (χ3n) is 5.62. The number of nitrogens with one attached hydrogen (secondary N) is 2. The van der Waals surface area contributed by atoms with Gasteiger partial charge in [-0.25, -0.2) is 4.79 Å². The number of ether oxygens (including phenoxy) is 1. The van der Waals surface area contributed by atoms with Crippen molar-refractivity contribution in [2.75, 3.05) is 20.1 Å². The second-order valence-electron chi connectivity index (χ2n) is 8.45. The Hall–Kier alpha value is -1.92. The van der Waals surface area contributed by atoms with Crippen molar-refractivity contribution in [3.63, 3.8) is 0 Å². The predicted octanol–water partition coefficient (Wildman–Crippen LogP) is 3.92. The van der Waals surface area contributed by atoms with E-state index in [1.807, 2.05) is 19.2 Å². The van der Waals surface area contributed by atoms with E-state index in [4.69, 9.17) is 10.5 Å². The number of rotatable bonds is 5. The first kappa shape index (κ1) is 27.1. The average Bonchev–Trinajstić information content (AvgIpc) is 2.78. The summed E-state index contributed by atoms with van der Waals surface area (Å²) in [5, 5.41) is 5.40. The van der Waals surface area contributed by atoms with Gasteiger partial charge in [-0.2, -0.15) is 0 Å². The molecule has 0 aliphatic heterocycles. The molecule has 0 radical (unpaired) electrons. The van der Waals surface area contributed by atoms with E-state index in [9.17, 15) is 9.59 Å². The number of fused-ring (bicyclic) bond motifs is 3. The van der Waals surface area contributed by atoms with Crippen LogP contribution >= 0.6 is 0 Å². The standard InChI is InChI=1S/C19H26N2O3.C3H9N.C3H8/c1-12(20)19(23)21-11-18(22)24-15-9-8-14-7-6-13-4-2-3-5-16(13)17(14)10-15;1-3-4-2;1-3-2/h8-10,12-13,16H,2-7,11,20H2,1H3,(H,21,23);4H,3H2,1-2H3;3H2,1-2H3. The SMILES string of the molecule is CC(N)C(=O)NCC(=O)Oc1ccc2c(c1)C1CCCCC1CC2.CCC.CCNC. The minimum Gasteiger partial charge on any atom is -0.425 e. The molecule has 1 amide bonds. The molecule has 31 heavy (non-hydrogen) atoms. The van der Waals surface area contributed by atoms with Gasteiger partial charge in [0.15, 0.2) is 0 Å². The zero-order valence-corrected chi connectivity index (χ0v) is 20.1. The largest absolute Gasteiger partial charge is 0.425 e. The summed E-state index contributed by atoms with van der Waals surface area (Å²) in [6, 6.07) is 5.34. The maximum atomic E-state index is 11.9. The Morgan fingerprint density at radius 3 is 2.42 bits per heavy atom. The second-order valence-corrected chi connectivity index (χ2v) is 8.45. The van der Waals surface area contributed by atoms with E-state index in [0.29, 0.717) is 11.7 Å². The number of esters is 1. The van der Waals surface area contributed by atoms with Crippen LogP contribution in [0.5, 0.6) is 5.75 Å². The lowest BCUT2D eigenvalue weighted by atomic mass is 9.68. The molecule has 176 valence electrons. The van der Waals surface area contributed by atoms with Crippen molar-refractivity contribution in [1.29, 1.82) is 0 Å². The summed E-state index contributed by atoms with van der Waals surface area (Å²) in [6.45, 7) is 8.80. The third kappa shape index (κ3) is 9.40. The first-order valence-corrected chi connectivity index (χ1v) is 11.9. The van der Waals surface area contributed by atoms with Crippen molar-refractivity contribution in [2.24, 2.45) is 11.7 Å². The smallest absolute Gasteiger partial charge is 0.330 e. The van der Waals surface area contributed by atoms with E-state index >= 15 is 0 Å². The van der Waals surface area contributed by atoms with Crippen LogP contribution in [-0.4, -0.2) is 38.1 Å². The van der Waals surface area contributed by atoms with Gasteiger partial charge in [0.2, 0.25) is 5.91 Å². The maximum absolute atomic E-state index is 11.9. The number of hydrogen-bond acceptors (Lipinski definition) is 5. The van der Waals surface area contributed by atoms with Gasteiger partial charge in [-0.3, -0.25) is 4.79 Å². The van der Waals surface area contributed by atoms with Crippen LogP contribution < -0.4 is 21.1 Å². The van der Waals surface area contributed by atoms with Crippen LogP contribution in [0.1, 0.15) is 83.3 Å². The molecule has 3 unspecified atom stereocenters. The maximum Gasteiger partial charge on any atom is 0.330 e. The van der Waals surface area contributed by atoms with E-state index < -0.39 is 12.0 Å². The summed E-state index contributed by atoms with van der Waals surface area (Å²) in [6.07, 6.45) is 8.82. The number of aryl methyl sites for hydroxylation is 1. The van der Waals surface area contributed by atoms with Crippen molar-refractivity contribution >= 4 is 11.9 Å². The van der Waals surface area contributed by atoms with Crippen molar-refractivity contribution in [1.82, 2.24) is 10.6 Å². The van der Waals surface area contributed by atoms with Gasteiger partial charge in [-0.15, -0.1) is 0 Å². The summed E-state index contributed by atoms with van der Waals surface area (Å²) in [5.74, 6) is 1.13. The summed E-state index contributed by atoms with van der Waals surface area (Å²) in [7, 11) is 1.93. The van der Waals surface area contributed by atoms with Crippen molar-refractivity contribution < 1.29 is 14.3 Å². The first-order chi connectivity index (χ1) is 14.9. The van der Waals surface area contributed by atoms with Crippen LogP contribution in [0.25, 0.3) is 0 Å². The summed E-state index contributed by atoms with van der Waals surface area (Å²) < 4.78 is 5.40. The molecule has 1 aromatic carbocycles. The van der Waals surface area contributed by atoms with Gasteiger partial charge in [0, 0.05) is 0 Å². The molecular weight excluding hydrogens is 390 g/mol. The summed E-state index contributed by atoms with van der Waals surface area (Å²) in [4.78, 5) is 23.3. The number of amides is 1. The van der Waals surface area contributed by atoms with E-state index in [0.717, 1.165) is 18.9 Å². The van der Waals surface area contributed by atoms with Crippen molar-refractivity contribution in [3.05, 3.63) is 29.3 Å². The molecule has 0 saturated heterocycles. The Kier molecular flexibility index (Phi) is 13.1. The first-order valence-electron chi connectivity index (χ1n) is 11.9. The Morgan fingerprint density at radius 2 is 1.81 bits per heavy atom. The molecule has 2 aliphatic carbocycles. The fraction of sp³-hybridized carbons (Fsp3) is 0.680. The number of hydrogen-bond donors (Lipinski definition) is 3. The van der Waals surface area contributed by atoms with Gasteiger partial charge >= 0.3 is 5.97 Å². The predicted molar refractivity (Wildman–Crippen MR) is 127 cm³/mol. The lowest BCUT2D eigenvalue weighted by molar-refractivity contribution is -0.135. The second kappa shape index (κ2) is 15.0. The zero-order chi connectivity index (χ0) is 23.2. The topological polar surface area (TPSA) is 93.5 Å². The van der Waals surface area contributed by atoms with E-state index in [2.05, 4.69) is 37.5 Å². The molecular formula is C25H43N3O3. The molecule has 3 atom stereocenters. The Labute approximate surface area is 188 Å². The fourth-order valence-electron chi connectivity index (χ4n) is 4.00. The van der Waals surface area contributed by atoms with Gasteiger partial charge < -0.3 is 21.1 Å². The highest BCUT2D eigenvalue weighted by Crippen LogP contribution is 2.45. The lowest BCUT2D eigenvalue weighted by Gasteiger charge is -2.37. The number of carbonyl (C=O) groups is 2. The summed E-state index contributed by atoms with van der Waals surface area (Å²) >= 11 is 0. The van der Waals surface area contributed by atoms with Gasteiger partial charge in [-0.1, -0.05) is 46.1 Å². The van der Waals surface area contributed by atoms with Crippen molar-refractivity contribution in [2.45, 2.75) is 84.6 Å². The fourth-order valence-corrected chi connectivity index (χ4v) is 4.00. The zero-order valence-electron chi connectivity index (χ0n) is 20.1. The highest BCUT2D eigenvalue weighted by molar-refractivity contribution is 5.85. The molecule has 3 rings (SSSR count). The van der Waals surface area contributed by atoms with E-state index in [-0.39, 0.29) is 12.5 Å². The van der Waals surface area contributed by atoms with Gasteiger partial charge in [0.1, 0.15) is 12.3 Å².